The highest BCUT2D eigenvalue weighted by atomic mass is 16.3. The van der Waals surface area contributed by atoms with Gasteiger partial charge >= 0.3 is 0 Å². The standard InChI is InChI=1S/C22H27N3O2/c26-20(21-9-18-8-19(10-21)12-22(27,11-18)15-21)23-13-16-2-4-17(5-3-16)14-25-7-1-6-24-25/h1-7,18-19,27H,8-15H2,(H,23,26)/t18-,19-,21?,22?/m1/s1. The van der Waals surface area contributed by atoms with Gasteiger partial charge in [0.2, 0.25) is 5.91 Å². The Labute approximate surface area is 159 Å². The highest BCUT2D eigenvalue weighted by molar-refractivity contribution is 5.83. The molecule has 4 bridgehead atoms. The van der Waals surface area contributed by atoms with Gasteiger partial charge < -0.3 is 10.4 Å². The van der Waals surface area contributed by atoms with Crippen LogP contribution in [-0.4, -0.2) is 26.4 Å². The highest BCUT2D eigenvalue weighted by Gasteiger charge is 2.60. The Balaban J connectivity index is 1.22. The number of aliphatic hydroxyl groups is 1. The summed E-state index contributed by atoms with van der Waals surface area (Å²) >= 11 is 0. The van der Waals surface area contributed by atoms with Gasteiger partial charge in [-0.2, -0.15) is 5.10 Å². The van der Waals surface area contributed by atoms with Gasteiger partial charge in [0.15, 0.2) is 0 Å². The molecule has 2 N–H and O–H groups in total. The first kappa shape index (κ1) is 17.0. The van der Waals surface area contributed by atoms with E-state index in [-0.39, 0.29) is 11.3 Å². The Morgan fingerprint density at radius 1 is 1.15 bits per heavy atom. The first-order valence-corrected chi connectivity index (χ1v) is 10.1. The predicted octanol–water partition coefficient (Wildman–Crippen LogP) is 2.88. The molecule has 0 radical (unpaired) electrons. The highest BCUT2D eigenvalue weighted by Crippen LogP contribution is 2.61. The van der Waals surface area contributed by atoms with E-state index in [1.807, 2.05) is 16.9 Å². The largest absolute Gasteiger partial charge is 0.390 e. The second-order valence-corrected chi connectivity index (χ2v) is 9.17. The van der Waals surface area contributed by atoms with Crippen LogP contribution in [0.2, 0.25) is 0 Å². The summed E-state index contributed by atoms with van der Waals surface area (Å²) in [5.41, 5.74) is 1.38. The molecule has 1 aromatic heterocycles. The van der Waals surface area contributed by atoms with E-state index in [9.17, 15) is 9.90 Å². The van der Waals surface area contributed by atoms with Gasteiger partial charge in [0.1, 0.15) is 0 Å². The summed E-state index contributed by atoms with van der Waals surface area (Å²) in [5, 5.41) is 18.2. The number of benzene rings is 1. The number of rotatable bonds is 5. The molecule has 2 atom stereocenters. The fourth-order valence-corrected chi connectivity index (χ4v) is 6.19. The van der Waals surface area contributed by atoms with Crippen LogP contribution in [-0.2, 0) is 17.9 Å². The Bertz CT molecular complexity index is 814. The topological polar surface area (TPSA) is 67.2 Å². The molecule has 6 rings (SSSR count). The summed E-state index contributed by atoms with van der Waals surface area (Å²) in [7, 11) is 0. The average Bonchev–Trinajstić information content (AvgIpc) is 3.12. The minimum absolute atomic E-state index is 0.149. The molecule has 1 heterocycles. The minimum atomic E-state index is -0.588. The van der Waals surface area contributed by atoms with E-state index in [0.29, 0.717) is 24.8 Å². The molecular weight excluding hydrogens is 338 g/mol. The number of amides is 1. The van der Waals surface area contributed by atoms with Crippen molar-refractivity contribution in [2.45, 2.75) is 57.2 Å². The second kappa shape index (κ2) is 6.20. The van der Waals surface area contributed by atoms with Crippen LogP contribution in [0.25, 0.3) is 0 Å². The van der Waals surface area contributed by atoms with Crippen LogP contribution in [0, 0.1) is 17.3 Å². The molecule has 4 aliphatic carbocycles. The van der Waals surface area contributed by atoms with E-state index in [1.165, 1.54) is 12.0 Å². The molecule has 2 aromatic rings. The van der Waals surface area contributed by atoms with Crippen molar-refractivity contribution in [3.8, 4) is 0 Å². The van der Waals surface area contributed by atoms with Crippen molar-refractivity contribution < 1.29 is 9.90 Å². The van der Waals surface area contributed by atoms with Gasteiger partial charge in [0, 0.05) is 18.9 Å². The van der Waals surface area contributed by atoms with E-state index in [2.05, 4.69) is 34.7 Å². The monoisotopic (exact) mass is 365 g/mol. The molecule has 0 unspecified atom stereocenters. The molecule has 4 aliphatic rings. The minimum Gasteiger partial charge on any atom is -0.390 e. The Morgan fingerprint density at radius 3 is 2.48 bits per heavy atom. The Morgan fingerprint density at radius 2 is 1.85 bits per heavy atom. The average molecular weight is 365 g/mol. The van der Waals surface area contributed by atoms with Crippen molar-refractivity contribution in [2.24, 2.45) is 17.3 Å². The van der Waals surface area contributed by atoms with E-state index in [1.54, 1.807) is 6.20 Å². The number of hydrogen-bond donors (Lipinski definition) is 2. The third-order valence-electron chi connectivity index (χ3n) is 6.89. The molecule has 1 aromatic carbocycles. The van der Waals surface area contributed by atoms with Crippen LogP contribution >= 0.6 is 0 Å². The van der Waals surface area contributed by atoms with Gasteiger partial charge in [-0.3, -0.25) is 9.48 Å². The molecule has 1 amide bonds. The van der Waals surface area contributed by atoms with E-state index in [4.69, 9.17) is 0 Å². The number of hydrogen-bond acceptors (Lipinski definition) is 3. The van der Waals surface area contributed by atoms with E-state index >= 15 is 0 Å². The maximum atomic E-state index is 13.1. The van der Waals surface area contributed by atoms with Crippen molar-refractivity contribution in [3.63, 3.8) is 0 Å². The number of nitrogens with one attached hydrogen (secondary N) is 1. The molecule has 0 spiro atoms. The summed E-state index contributed by atoms with van der Waals surface area (Å²) in [6, 6.07) is 10.3. The van der Waals surface area contributed by atoms with Crippen molar-refractivity contribution >= 4 is 5.91 Å². The first-order valence-electron chi connectivity index (χ1n) is 10.1. The number of carbonyl (C=O) groups excluding carboxylic acids is 1. The number of carbonyl (C=O) groups is 1. The molecule has 4 saturated carbocycles. The molecule has 0 aliphatic heterocycles. The number of aromatic nitrogens is 2. The SMILES string of the molecule is O=C(NCc1ccc(Cn2cccn2)cc1)C12C[C@H]3C[C@@H](CC(O)(C3)C1)C2. The van der Waals surface area contributed by atoms with Crippen LogP contribution < -0.4 is 5.32 Å². The fourth-order valence-electron chi connectivity index (χ4n) is 6.19. The van der Waals surface area contributed by atoms with Crippen molar-refractivity contribution in [2.75, 3.05) is 0 Å². The van der Waals surface area contributed by atoms with Gasteiger partial charge in [-0.1, -0.05) is 24.3 Å². The van der Waals surface area contributed by atoms with E-state index in [0.717, 1.165) is 37.8 Å². The molecule has 5 nitrogen and oxygen atoms in total. The zero-order valence-electron chi connectivity index (χ0n) is 15.6. The lowest BCUT2D eigenvalue weighted by Gasteiger charge is -2.59. The van der Waals surface area contributed by atoms with Crippen LogP contribution in [0.15, 0.2) is 42.7 Å². The van der Waals surface area contributed by atoms with Crippen LogP contribution in [0.1, 0.15) is 49.7 Å². The van der Waals surface area contributed by atoms with Gasteiger partial charge in [-0.05, 0) is 67.6 Å². The molecule has 0 saturated heterocycles. The fraction of sp³-hybridized carbons (Fsp3) is 0.545. The quantitative estimate of drug-likeness (QED) is 0.856. The predicted molar refractivity (Wildman–Crippen MR) is 102 cm³/mol. The number of nitrogens with zero attached hydrogens (tertiary/aromatic N) is 2. The molecule has 27 heavy (non-hydrogen) atoms. The van der Waals surface area contributed by atoms with Gasteiger partial charge in [0.25, 0.3) is 0 Å². The van der Waals surface area contributed by atoms with Crippen LogP contribution in [0.4, 0.5) is 0 Å². The van der Waals surface area contributed by atoms with Crippen molar-refractivity contribution in [1.82, 2.24) is 15.1 Å². The Kier molecular flexibility index (Phi) is 3.90. The maximum Gasteiger partial charge on any atom is 0.226 e. The third-order valence-corrected chi connectivity index (χ3v) is 6.89. The normalized spacial score (nSPS) is 34.0. The summed E-state index contributed by atoms with van der Waals surface area (Å²) in [6.07, 6.45) is 9.31. The third kappa shape index (κ3) is 3.18. The molecular formula is C22H27N3O2. The molecule has 142 valence electrons. The maximum absolute atomic E-state index is 13.1. The summed E-state index contributed by atoms with van der Waals surface area (Å²) in [6.45, 7) is 1.31. The summed E-state index contributed by atoms with van der Waals surface area (Å²) < 4.78 is 1.90. The first-order chi connectivity index (χ1) is 13.0. The molecule has 5 heteroatoms. The van der Waals surface area contributed by atoms with E-state index < -0.39 is 5.60 Å². The lowest BCUT2D eigenvalue weighted by Crippen LogP contribution is -2.60. The zero-order chi connectivity index (χ0) is 18.5. The summed E-state index contributed by atoms with van der Waals surface area (Å²) in [4.78, 5) is 13.1. The van der Waals surface area contributed by atoms with Crippen molar-refractivity contribution in [3.05, 3.63) is 53.9 Å². The zero-order valence-corrected chi connectivity index (χ0v) is 15.6. The van der Waals surface area contributed by atoms with Crippen LogP contribution in [0.3, 0.4) is 0 Å². The Hall–Kier alpha value is -2.14. The van der Waals surface area contributed by atoms with Gasteiger partial charge in [-0.25, -0.2) is 0 Å². The van der Waals surface area contributed by atoms with Crippen molar-refractivity contribution in [1.29, 1.82) is 0 Å². The van der Waals surface area contributed by atoms with Gasteiger partial charge in [-0.15, -0.1) is 0 Å². The lowest BCUT2D eigenvalue weighted by atomic mass is 9.47. The van der Waals surface area contributed by atoms with Gasteiger partial charge in [0.05, 0.1) is 17.6 Å². The van der Waals surface area contributed by atoms with Crippen LogP contribution in [0.5, 0.6) is 0 Å². The summed E-state index contributed by atoms with van der Waals surface area (Å²) in [5.74, 6) is 1.21. The lowest BCUT2D eigenvalue weighted by molar-refractivity contribution is -0.178. The molecule has 4 fully saturated rings. The smallest absolute Gasteiger partial charge is 0.226 e. The second-order valence-electron chi connectivity index (χ2n) is 9.17.